The second-order valence-corrected chi connectivity index (χ2v) is 4.59. The fraction of sp³-hybridized carbons (Fsp3) is 0.833. The molecule has 1 aliphatic rings. The van der Waals surface area contributed by atoms with Crippen molar-refractivity contribution in [1.29, 1.82) is 5.26 Å². The summed E-state index contributed by atoms with van der Waals surface area (Å²) >= 11 is 0. The Morgan fingerprint density at radius 3 is 2.47 bits per heavy atom. The molecular formula is C12H20N2O. The molecule has 0 atom stereocenters. The van der Waals surface area contributed by atoms with Crippen LogP contribution in [0.2, 0.25) is 0 Å². The molecule has 1 saturated carbocycles. The van der Waals surface area contributed by atoms with Gasteiger partial charge in [0, 0.05) is 13.1 Å². The highest BCUT2D eigenvalue weighted by atomic mass is 16.2. The van der Waals surface area contributed by atoms with Crippen LogP contribution in [-0.4, -0.2) is 23.9 Å². The first-order valence-electron chi connectivity index (χ1n) is 5.80. The monoisotopic (exact) mass is 208 g/mol. The van der Waals surface area contributed by atoms with E-state index in [0.717, 1.165) is 25.8 Å². The summed E-state index contributed by atoms with van der Waals surface area (Å²) in [6.07, 6.45) is 2.43. The lowest BCUT2D eigenvalue weighted by Crippen LogP contribution is -2.50. The summed E-state index contributed by atoms with van der Waals surface area (Å²) in [5.41, 5.74) is -0.690. The quantitative estimate of drug-likeness (QED) is 0.710. The smallest absolute Gasteiger partial charge is 0.243 e. The van der Waals surface area contributed by atoms with E-state index in [9.17, 15) is 4.79 Å². The third-order valence-electron chi connectivity index (χ3n) is 3.18. The van der Waals surface area contributed by atoms with Crippen molar-refractivity contribution >= 4 is 5.91 Å². The molecule has 3 heteroatoms. The molecular weight excluding hydrogens is 188 g/mol. The normalized spacial score (nSPS) is 29.1. The predicted octanol–water partition coefficient (Wildman–Crippen LogP) is 2.18. The number of nitriles is 1. The van der Waals surface area contributed by atoms with E-state index >= 15 is 0 Å². The standard InChI is InChI=1S/C12H20N2O/c1-4-6-14(5-2)11(15)12(9-13)7-10(3)8-12/h10H,4-8H2,1-3H3. The Labute approximate surface area is 92.1 Å². The van der Waals surface area contributed by atoms with Gasteiger partial charge >= 0.3 is 0 Å². The first kappa shape index (κ1) is 12.0. The molecule has 0 heterocycles. The molecule has 1 amide bonds. The minimum Gasteiger partial charge on any atom is -0.342 e. The fourth-order valence-corrected chi connectivity index (χ4v) is 2.42. The second kappa shape index (κ2) is 4.65. The van der Waals surface area contributed by atoms with Crippen LogP contribution in [0.25, 0.3) is 0 Å². The summed E-state index contributed by atoms with van der Waals surface area (Å²) in [6.45, 7) is 7.61. The molecule has 0 N–H and O–H groups in total. The number of hydrogen-bond donors (Lipinski definition) is 0. The van der Waals surface area contributed by atoms with Crippen LogP contribution in [0.1, 0.15) is 40.0 Å². The molecule has 1 aliphatic carbocycles. The van der Waals surface area contributed by atoms with Gasteiger partial charge in [0.25, 0.3) is 0 Å². The second-order valence-electron chi connectivity index (χ2n) is 4.59. The number of nitrogens with zero attached hydrogens (tertiary/aromatic N) is 2. The maximum atomic E-state index is 12.1. The van der Waals surface area contributed by atoms with Crippen molar-refractivity contribution in [2.45, 2.75) is 40.0 Å². The van der Waals surface area contributed by atoms with Gasteiger partial charge in [-0.3, -0.25) is 4.79 Å². The molecule has 0 aliphatic heterocycles. The van der Waals surface area contributed by atoms with Crippen LogP contribution < -0.4 is 0 Å². The Balaban J connectivity index is 2.69. The number of hydrogen-bond acceptors (Lipinski definition) is 2. The van der Waals surface area contributed by atoms with Crippen molar-refractivity contribution in [3.8, 4) is 6.07 Å². The zero-order valence-electron chi connectivity index (χ0n) is 9.92. The Morgan fingerprint density at radius 1 is 1.53 bits per heavy atom. The summed E-state index contributed by atoms with van der Waals surface area (Å²) in [5, 5.41) is 9.14. The first-order valence-corrected chi connectivity index (χ1v) is 5.80. The van der Waals surface area contributed by atoms with Gasteiger partial charge in [-0.05, 0) is 32.1 Å². The molecule has 3 nitrogen and oxygen atoms in total. The molecule has 1 fully saturated rings. The van der Waals surface area contributed by atoms with E-state index in [2.05, 4.69) is 19.9 Å². The van der Waals surface area contributed by atoms with Crippen molar-refractivity contribution in [1.82, 2.24) is 4.90 Å². The molecule has 0 saturated heterocycles. The lowest BCUT2D eigenvalue weighted by molar-refractivity contribution is -0.145. The average Bonchev–Trinajstić information content (AvgIpc) is 2.20. The largest absolute Gasteiger partial charge is 0.342 e. The van der Waals surface area contributed by atoms with Gasteiger partial charge in [0.1, 0.15) is 5.41 Å². The molecule has 0 unspecified atom stereocenters. The third-order valence-corrected chi connectivity index (χ3v) is 3.18. The van der Waals surface area contributed by atoms with E-state index in [1.807, 2.05) is 11.8 Å². The zero-order chi connectivity index (χ0) is 11.5. The summed E-state index contributed by atoms with van der Waals surface area (Å²) in [6, 6.07) is 2.23. The number of carbonyl (C=O) groups excluding carboxylic acids is 1. The molecule has 0 aromatic heterocycles. The van der Waals surface area contributed by atoms with Crippen LogP contribution in [-0.2, 0) is 4.79 Å². The van der Waals surface area contributed by atoms with E-state index in [-0.39, 0.29) is 5.91 Å². The van der Waals surface area contributed by atoms with Crippen LogP contribution in [0.15, 0.2) is 0 Å². The van der Waals surface area contributed by atoms with Crippen LogP contribution in [0.3, 0.4) is 0 Å². The van der Waals surface area contributed by atoms with Gasteiger partial charge in [-0.25, -0.2) is 0 Å². The topological polar surface area (TPSA) is 44.1 Å². The summed E-state index contributed by atoms with van der Waals surface area (Å²) in [5.74, 6) is 0.571. The van der Waals surface area contributed by atoms with Crippen molar-refractivity contribution in [3.63, 3.8) is 0 Å². The van der Waals surface area contributed by atoms with Gasteiger partial charge in [0.05, 0.1) is 6.07 Å². The van der Waals surface area contributed by atoms with E-state index in [1.54, 1.807) is 0 Å². The Kier molecular flexibility index (Phi) is 3.73. The maximum absolute atomic E-state index is 12.1. The molecule has 0 radical (unpaired) electrons. The van der Waals surface area contributed by atoms with Crippen LogP contribution >= 0.6 is 0 Å². The highest BCUT2D eigenvalue weighted by Gasteiger charge is 2.50. The van der Waals surface area contributed by atoms with Gasteiger partial charge in [-0.15, -0.1) is 0 Å². The fourth-order valence-electron chi connectivity index (χ4n) is 2.42. The Morgan fingerprint density at radius 2 is 2.13 bits per heavy atom. The van der Waals surface area contributed by atoms with Crippen LogP contribution in [0, 0.1) is 22.7 Å². The minimum atomic E-state index is -0.690. The van der Waals surface area contributed by atoms with Crippen molar-refractivity contribution in [3.05, 3.63) is 0 Å². The maximum Gasteiger partial charge on any atom is 0.243 e. The van der Waals surface area contributed by atoms with E-state index in [0.29, 0.717) is 12.5 Å². The first-order chi connectivity index (χ1) is 7.09. The SMILES string of the molecule is CCCN(CC)C(=O)C1(C#N)CC(C)C1. The van der Waals surface area contributed by atoms with Crippen LogP contribution in [0.4, 0.5) is 0 Å². The van der Waals surface area contributed by atoms with Gasteiger partial charge < -0.3 is 4.90 Å². The molecule has 0 aromatic carbocycles. The Bertz CT molecular complexity index is 274. The van der Waals surface area contributed by atoms with E-state index < -0.39 is 5.41 Å². The summed E-state index contributed by atoms with van der Waals surface area (Å²) < 4.78 is 0. The number of amides is 1. The lowest BCUT2D eigenvalue weighted by Gasteiger charge is -2.42. The number of carbonyl (C=O) groups is 1. The minimum absolute atomic E-state index is 0.0486. The lowest BCUT2D eigenvalue weighted by atomic mass is 9.62. The molecule has 1 rings (SSSR count). The summed E-state index contributed by atoms with van der Waals surface area (Å²) in [7, 11) is 0. The molecule has 15 heavy (non-hydrogen) atoms. The third kappa shape index (κ3) is 2.14. The van der Waals surface area contributed by atoms with Crippen molar-refractivity contribution in [2.75, 3.05) is 13.1 Å². The average molecular weight is 208 g/mol. The molecule has 0 spiro atoms. The number of rotatable bonds is 4. The summed E-state index contributed by atoms with van der Waals surface area (Å²) in [4.78, 5) is 14.0. The zero-order valence-corrected chi connectivity index (χ0v) is 9.92. The van der Waals surface area contributed by atoms with Gasteiger partial charge in [0.2, 0.25) is 5.91 Å². The highest BCUT2D eigenvalue weighted by Crippen LogP contribution is 2.46. The Hall–Kier alpha value is -1.04. The highest BCUT2D eigenvalue weighted by molar-refractivity contribution is 5.86. The molecule has 0 aromatic rings. The van der Waals surface area contributed by atoms with E-state index in [4.69, 9.17) is 5.26 Å². The van der Waals surface area contributed by atoms with Gasteiger partial charge in [-0.2, -0.15) is 5.26 Å². The predicted molar refractivity (Wildman–Crippen MR) is 59.0 cm³/mol. The molecule has 0 bridgehead atoms. The van der Waals surface area contributed by atoms with Crippen molar-refractivity contribution in [2.24, 2.45) is 11.3 Å². The van der Waals surface area contributed by atoms with Crippen LogP contribution in [0.5, 0.6) is 0 Å². The van der Waals surface area contributed by atoms with Crippen molar-refractivity contribution < 1.29 is 4.79 Å². The van der Waals surface area contributed by atoms with Gasteiger partial charge in [-0.1, -0.05) is 13.8 Å². The van der Waals surface area contributed by atoms with Gasteiger partial charge in [0.15, 0.2) is 0 Å². The molecule has 84 valence electrons. The van der Waals surface area contributed by atoms with E-state index in [1.165, 1.54) is 0 Å².